The van der Waals surface area contributed by atoms with E-state index < -0.39 is 12.1 Å². The second-order valence-corrected chi connectivity index (χ2v) is 10.5. The summed E-state index contributed by atoms with van der Waals surface area (Å²) in [4.78, 5) is 32.5. The number of pyridine rings is 1. The summed E-state index contributed by atoms with van der Waals surface area (Å²) in [6.07, 6.45) is 3.74. The third-order valence-corrected chi connectivity index (χ3v) is 6.32. The Balaban J connectivity index is 1.90. The predicted molar refractivity (Wildman–Crippen MR) is 121 cm³/mol. The zero-order valence-corrected chi connectivity index (χ0v) is 19.3. The molecule has 2 aromatic rings. The molecule has 1 aliphatic rings. The highest BCUT2D eigenvalue weighted by atomic mass is 16.2. The van der Waals surface area contributed by atoms with Crippen molar-refractivity contribution in [3.05, 3.63) is 42.2 Å². The fourth-order valence-electron chi connectivity index (χ4n) is 4.32. The van der Waals surface area contributed by atoms with Crippen molar-refractivity contribution in [1.82, 2.24) is 15.2 Å². The number of nitriles is 1. The number of hydrogen-bond donors (Lipinski definition) is 1. The van der Waals surface area contributed by atoms with Crippen LogP contribution in [0, 0.1) is 28.1 Å². The van der Waals surface area contributed by atoms with Gasteiger partial charge in [0.05, 0.1) is 6.07 Å². The minimum Gasteiger partial charge on any atom is -0.335 e. The van der Waals surface area contributed by atoms with Crippen LogP contribution in [0.5, 0.6) is 0 Å². The molecule has 2 heterocycles. The van der Waals surface area contributed by atoms with E-state index in [0.717, 1.165) is 10.8 Å². The van der Waals surface area contributed by atoms with Crippen molar-refractivity contribution in [1.29, 1.82) is 5.26 Å². The Morgan fingerprint density at radius 1 is 1.29 bits per heavy atom. The molecule has 1 aromatic carbocycles. The molecular formula is C25H32N4O2. The summed E-state index contributed by atoms with van der Waals surface area (Å²) < 4.78 is 0. The van der Waals surface area contributed by atoms with Crippen molar-refractivity contribution < 1.29 is 9.59 Å². The van der Waals surface area contributed by atoms with Gasteiger partial charge in [-0.3, -0.25) is 14.6 Å². The van der Waals surface area contributed by atoms with Crippen molar-refractivity contribution in [3.8, 4) is 6.07 Å². The minimum atomic E-state index is -0.846. The average molecular weight is 421 g/mol. The average Bonchev–Trinajstić information content (AvgIpc) is 2.94. The van der Waals surface area contributed by atoms with Crippen LogP contribution in [0.1, 0.15) is 59.6 Å². The number of aromatic nitrogens is 1. The second-order valence-electron chi connectivity index (χ2n) is 10.5. The van der Waals surface area contributed by atoms with Crippen LogP contribution in [0.4, 0.5) is 0 Å². The van der Waals surface area contributed by atoms with E-state index in [-0.39, 0.29) is 28.6 Å². The van der Waals surface area contributed by atoms with Gasteiger partial charge < -0.3 is 10.2 Å². The number of carbonyl (C=O) groups is 2. The molecular weight excluding hydrogens is 388 g/mol. The fourth-order valence-corrected chi connectivity index (χ4v) is 4.32. The molecule has 3 atom stereocenters. The van der Waals surface area contributed by atoms with Gasteiger partial charge in [0.1, 0.15) is 12.1 Å². The zero-order chi connectivity index (χ0) is 23.0. The summed E-state index contributed by atoms with van der Waals surface area (Å²) in [6, 6.07) is 8.41. The van der Waals surface area contributed by atoms with E-state index in [1.54, 1.807) is 17.3 Å². The van der Waals surface area contributed by atoms with Crippen molar-refractivity contribution in [2.45, 2.75) is 60.0 Å². The molecule has 1 aromatic heterocycles. The van der Waals surface area contributed by atoms with Gasteiger partial charge in [-0.1, -0.05) is 65.8 Å². The number of fused-ring (bicyclic) bond motifs is 1. The Morgan fingerprint density at radius 2 is 1.97 bits per heavy atom. The molecule has 2 amide bonds. The Kier molecular flexibility index (Phi) is 6.09. The Labute approximate surface area is 184 Å². The standard InChI is InChI=1S/C25H32N4O2/c1-16-22(29(15-25(16,5)6)21(30)11-24(2,3)4)23(31)28-20(12-26)19-14-27-13-17-9-7-8-10-18(17)19/h7-10,13-14,16,20,22H,11,15H2,1-6H3,(H,28,31). The summed E-state index contributed by atoms with van der Waals surface area (Å²) in [5.74, 6) is -0.355. The highest BCUT2D eigenvalue weighted by Gasteiger charge is 2.50. The summed E-state index contributed by atoms with van der Waals surface area (Å²) in [7, 11) is 0. The summed E-state index contributed by atoms with van der Waals surface area (Å²) in [6.45, 7) is 12.7. The fraction of sp³-hybridized carbons (Fsp3) is 0.520. The normalized spacial score (nSPS) is 21.5. The summed E-state index contributed by atoms with van der Waals surface area (Å²) >= 11 is 0. The third-order valence-electron chi connectivity index (χ3n) is 6.32. The maximum atomic E-state index is 13.4. The molecule has 3 rings (SSSR count). The summed E-state index contributed by atoms with van der Waals surface area (Å²) in [5, 5.41) is 14.5. The molecule has 1 saturated heterocycles. The van der Waals surface area contributed by atoms with Crippen molar-refractivity contribution in [2.75, 3.05) is 6.54 Å². The molecule has 31 heavy (non-hydrogen) atoms. The Hall–Kier alpha value is -2.94. The van der Waals surface area contributed by atoms with Crippen LogP contribution in [-0.4, -0.2) is 34.3 Å². The van der Waals surface area contributed by atoms with Gasteiger partial charge in [0.15, 0.2) is 0 Å². The van der Waals surface area contributed by atoms with Gasteiger partial charge in [0.25, 0.3) is 0 Å². The van der Waals surface area contributed by atoms with Crippen molar-refractivity contribution in [3.63, 3.8) is 0 Å². The zero-order valence-electron chi connectivity index (χ0n) is 19.3. The molecule has 0 spiro atoms. The lowest BCUT2D eigenvalue weighted by Gasteiger charge is -2.29. The SMILES string of the molecule is CC1C(C(=O)NC(C#N)c2cncc3ccccc23)N(C(=O)CC(C)(C)C)CC1(C)C. The topological polar surface area (TPSA) is 86.1 Å². The lowest BCUT2D eigenvalue weighted by Crippen LogP contribution is -2.49. The van der Waals surface area contributed by atoms with E-state index in [1.165, 1.54) is 0 Å². The first-order chi connectivity index (χ1) is 14.4. The third kappa shape index (κ3) is 4.71. The van der Waals surface area contributed by atoms with Crippen LogP contribution in [0.25, 0.3) is 10.8 Å². The van der Waals surface area contributed by atoms with Crippen LogP contribution >= 0.6 is 0 Å². The number of rotatable bonds is 4. The van der Waals surface area contributed by atoms with E-state index in [2.05, 4.69) is 30.2 Å². The number of nitrogens with one attached hydrogen (secondary N) is 1. The van der Waals surface area contributed by atoms with Gasteiger partial charge in [0, 0.05) is 36.3 Å². The number of hydrogen-bond acceptors (Lipinski definition) is 4. The maximum absolute atomic E-state index is 13.4. The van der Waals surface area contributed by atoms with E-state index in [1.807, 2.05) is 52.0 Å². The first-order valence-corrected chi connectivity index (χ1v) is 10.8. The molecule has 6 heteroatoms. The van der Waals surface area contributed by atoms with Gasteiger partial charge in [0.2, 0.25) is 11.8 Å². The number of amides is 2. The van der Waals surface area contributed by atoms with Gasteiger partial charge in [-0.2, -0.15) is 5.26 Å². The molecule has 0 saturated carbocycles. The number of carbonyl (C=O) groups excluding carboxylic acids is 2. The van der Waals surface area contributed by atoms with E-state index in [4.69, 9.17) is 0 Å². The quantitative estimate of drug-likeness (QED) is 0.802. The lowest BCUT2D eigenvalue weighted by atomic mass is 9.80. The van der Waals surface area contributed by atoms with E-state index in [9.17, 15) is 14.9 Å². The Morgan fingerprint density at radius 3 is 2.61 bits per heavy atom. The number of likely N-dealkylation sites (tertiary alicyclic amines) is 1. The highest BCUT2D eigenvalue weighted by Crippen LogP contribution is 2.41. The monoisotopic (exact) mass is 420 g/mol. The van der Waals surface area contributed by atoms with E-state index >= 15 is 0 Å². The molecule has 1 N–H and O–H groups in total. The van der Waals surface area contributed by atoms with Gasteiger partial charge >= 0.3 is 0 Å². The summed E-state index contributed by atoms with van der Waals surface area (Å²) in [5.41, 5.74) is 0.294. The van der Waals surface area contributed by atoms with Crippen molar-refractivity contribution >= 4 is 22.6 Å². The minimum absolute atomic E-state index is 0.0228. The molecule has 1 fully saturated rings. The molecule has 0 aliphatic carbocycles. The second kappa shape index (κ2) is 8.30. The molecule has 1 aliphatic heterocycles. The van der Waals surface area contributed by atoms with Gasteiger partial charge in [-0.15, -0.1) is 0 Å². The first-order valence-electron chi connectivity index (χ1n) is 10.8. The van der Waals surface area contributed by atoms with Gasteiger partial charge in [-0.05, 0) is 22.1 Å². The van der Waals surface area contributed by atoms with Crippen LogP contribution in [-0.2, 0) is 9.59 Å². The molecule has 0 radical (unpaired) electrons. The molecule has 0 bridgehead atoms. The highest BCUT2D eigenvalue weighted by molar-refractivity contribution is 5.90. The van der Waals surface area contributed by atoms with Crippen LogP contribution in [0.15, 0.2) is 36.7 Å². The maximum Gasteiger partial charge on any atom is 0.244 e. The smallest absolute Gasteiger partial charge is 0.244 e. The first kappa shape index (κ1) is 22.7. The van der Waals surface area contributed by atoms with Crippen LogP contribution in [0.2, 0.25) is 0 Å². The van der Waals surface area contributed by atoms with E-state index in [0.29, 0.717) is 18.5 Å². The number of benzene rings is 1. The molecule has 6 nitrogen and oxygen atoms in total. The molecule has 3 unspecified atom stereocenters. The number of nitrogens with zero attached hydrogens (tertiary/aromatic N) is 3. The van der Waals surface area contributed by atoms with Crippen molar-refractivity contribution in [2.24, 2.45) is 16.7 Å². The Bertz CT molecular complexity index is 1030. The lowest BCUT2D eigenvalue weighted by molar-refractivity contribution is -0.140. The largest absolute Gasteiger partial charge is 0.335 e. The molecule has 164 valence electrons. The van der Waals surface area contributed by atoms with Crippen LogP contribution in [0.3, 0.4) is 0 Å². The van der Waals surface area contributed by atoms with Crippen LogP contribution < -0.4 is 5.32 Å². The van der Waals surface area contributed by atoms with Gasteiger partial charge in [-0.25, -0.2) is 0 Å². The predicted octanol–water partition coefficient (Wildman–Crippen LogP) is 4.22.